The molecule has 2 heterocycles. The number of hydrogen-bond donors (Lipinski definition) is 1. The Hall–Kier alpha value is -0.0800. The molecule has 0 saturated carbocycles. The number of rotatable bonds is 1. The SMILES string of the molecule is CC(C)N1CCC2(CCCN2)CC1. The zero-order valence-corrected chi connectivity index (χ0v) is 8.97. The van der Waals surface area contributed by atoms with E-state index in [-0.39, 0.29) is 0 Å². The Kier molecular flexibility index (Phi) is 2.61. The Bertz CT molecular complexity index is 161. The van der Waals surface area contributed by atoms with E-state index in [9.17, 15) is 0 Å². The van der Waals surface area contributed by atoms with Crippen molar-refractivity contribution in [2.24, 2.45) is 0 Å². The number of nitrogens with zero attached hydrogens (tertiary/aromatic N) is 1. The second-order valence-corrected chi connectivity index (χ2v) is 4.94. The van der Waals surface area contributed by atoms with Gasteiger partial charge in [0.1, 0.15) is 0 Å². The fraction of sp³-hybridized carbons (Fsp3) is 1.00. The van der Waals surface area contributed by atoms with E-state index in [1.807, 2.05) is 0 Å². The van der Waals surface area contributed by atoms with Crippen LogP contribution in [0.25, 0.3) is 0 Å². The molecule has 2 aliphatic heterocycles. The van der Waals surface area contributed by atoms with Crippen molar-refractivity contribution in [3.05, 3.63) is 0 Å². The minimum atomic E-state index is 0.547. The van der Waals surface area contributed by atoms with Gasteiger partial charge in [0.05, 0.1) is 0 Å². The predicted molar refractivity (Wildman–Crippen MR) is 55.9 cm³/mol. The monoisotopic (exact) mass is 182 g/mol. The van der Waals surface area contributed by atoms with Crippen molar-refractivity contribution in [1.82, 2.24) is 10.2 Å². The van der Waals surface area contributed by atoms with Gasteiger partial charge < -0.3 is 10.2 Å². The quantitative estimate of drug-likeness (QED) is 0.663. The van der Waals surface area contributed by atoms with E-state index in [2.05, 4.69) is 24.1 Å². The van der Waals surface area contributed by atoms with Crippen LogP contribution in [0.1, 0.15) is 39.5 Å². The number of likely N-dealkylation sites (tertiary alicyclic amines) is 1. The van der Waals surface area contributed by atoms with Crippen molar-refractivity contribution in [1.29, 1.82) is 0 Å². The van der Waals surface area contributed by atoms with E-state index in [1.54, 1.807) is 0 Å². The normalized spacial score (nSPS) is 28.8. The molecule has 2 heteroatoms. The van der Waals surface area contributed by atoms with E-state index >= 15 is 0 Å². The molecule has 1 N–H and O–H groups in total. The van der Waals surface area contributed by atoms with E-state index in [1.165, 1.54) is 45.3 Å². The molecule has 0 aromatic rings. The van der Waals surface area contributed by atoms with Gasteiger partial charge in [-0.15, -0.1) is 0 Å². The van der Waals surface area contributed by atoms with Crippen LogP contribution in [-0.4, -0.2) is 36.1 Å². The molecule has 0 aromatic carbocycles. The second kappa shape index (κ2) is 3.58. The summed E-state index contributed by atoms with van der Waals surface area (Å²) in [6.07, 6.45) is 5.54. The van der Waals surface area contributed by atoms with Crippen molar-refractivity contribution in [3.8, 4) is 0 Å². The third-order valence-corrected chi connectivity index (χ3v) is 3.82. The van der Waals surface area contributed by atoms with Crippen LogP contribution in [0.4, 0.5) is 0 Å². The van der Waals surface area contributed by atoms with Gasteiger partial charge in [-0.3, -0.25) is 0 Å². The summed E-state index contributed by atoms with van der Waals surface area (Å²) in [7, 11) is 0. The zero-order chi connectivity index (χ0) is 9.31. The molecular weight excluding hydrogens is 160 g/mol. The third-order valence-electron chi connectivity index (χ3n) is 3.82. The Morgan fingerprint density at radius 1 is 1.15 bits per heavy atom. The maximum atomic E-state index is 3.70. The summed E-state index contributed by atoms with van der Waals surface area (Å²) in [6, 6.07) is 0.735. The van der Waals surface area contributed by atoms with Gasteiger partial charge in [0.25, 0.3) is 0 Å². The van der Waals surface area contributed by atoms with Crippen LogP contribution in [0.15, 0.2) is 0 Å². The fourth-order valence-electron chi connectivity index (χ4n) is 2.76. The molecular formula is C11H22N2. The summed E-state index contributed by atoms with van der Waals surface area (Å²) < 4.78 is 0. The van der Waals surface area contributed by atoms with Gasteiger partial charge in [0.15, 0.2) is 0 Å². The van der Waals surface area contributed by atoms with Crippen molar-refractivity contribution < 1.29 is 0 Å². The lowest BCUT2D eigenvalue weighted by Gasteiger charge is -2.41. The van der Waals surface area contributed by atoms with Crippen LogP contribution in [0.2, 0.25) is 0 Å². The Morgan fingerprint density at radius 2 is 1.85 bits per heavy atom. The molecule has 1 spiro atoms. The summed E-state index contributed by atoms with van der Waals surface area (Å²) in [5.74, 6) is 0. The standard InChI is InChI=1S/C11H22N2/c1-10(2)13-8-5-11(6-9-13)4-3-7-12-11/h10,12H,3-9H2,1-2H3. The van der Waals surface area contributed by atoms with Crippen molar-refractivity contribution in [2.45, 2.75) is 51.1 Å². The zero-order valence-electron chi connectivity index (χ0n) is 8.97. The summed E-state index contributed by atoms with van der Waals surface area (Å²) in [6.45, 7) is 8.46. The summed E-state index contributed by atoms with van der Waals surface area (Å²) in [5, 5.41) is 3.70. The number of nitrogens with one attached hydrogen (secondary N) is 1. The molecule has 0 aliphatic carbocycles. The molecule has 0 bridgehead atoms. The highest BCUT2D eigenvalue weighted by Crippen LogP contribution is 2.31. The second-order valence-electron chi connectivity index (χ2n) is 4.94. The van der Waals surface area contributed by atoms with Crippen LogP contribution in [0, 0.1) is 0 Å². The first kappa shape index (κ1) is 9.47. The molecule has 0 unspecified atom stereocenters. The van der Waals surface area contributed by atoms with Crippen molar-refractivity contribution in [2.75, 3.05) is 19.6 Å². The Balaban J connectivity index is 1.88. The number of piperidine rings is 1. The third kappa shape index (κ3) is 1.89. The van der Waals surface area contributed by atoms with E-state index < -0.39 is 0 Å². The van der Waals surface area contributed by atoms with Crippen LogP contribution < -0.4 is 5.32 Å². The molecule has 0 amide bonds. The predicted octanol–water partition coefficient (Wildman–Crippen LogP) is 1.61. The summed E-state index contributed by atoms with van der Waals surface area (Å²) in [5.41, 5.74) is 0.547. The van der Waals surface area contributed by atoms with Gasteiger partial charge in [0, 0.05) is 24.7 Å². The lowest BCUT2D eigenvalue weighted by atomic mass is 9.86. The van der Waals surface area contributed by atoms with Crippen LogP contribution in [0.5, 0.6) is 0 Å². The lowest BCUT2D eigenvalue weighted by Crippen LogP contribution is -2.51. The Morgan fingerprint density at radius 3 is 2.31 bits per heavy atom. The molecule has 2 aliphatic rings. The minimum absolute atomic E-state index is 0.547. The maximum absolute atomic E-state index is 3.70. The first-order valence-corrected chi connectivity index (χ1v) is 5.71. The largest absolute Gasteiger partial charge is 0.311 e. The fourth-order valence-corrected chi connectivity index (χ4v) is 2.76. The van der Waals surface area contributed by atoms with Crippen molar-refractivity contribution in [3.63, 3.8) is 0 Å². The minimum Gasteiger partial charge on any atom is -0.311 e. The highest BCUT2D eigenvalue weighted by Gasteiger charge is 2.36. The van der Waals surface area contributed by atoms with Gasteiger partial charge in [0.2, 0.25) is 0 Å². The molecule has 0 aromatic heterocycles. The van der Waals surface area contributed by atoms with E-state index in [4.69, 9.17) is 0 Å². The molecule has 76 valence electrons. The average Bonchev–Trinajstić information content (AvgIpc) is 2.54. The molecule has 2 saturated heterocycles. The van der Waals surface area contributed by atoms with Crippen LogP contribution >= 0.6 is 0 Å². The van der Waals surface area contributed by atoms with E-state index in [0.29, 0.717) is 5.54 Å². The van der Waals surface area contributed by atoms with Gasteiger partial charge in [-0.2, -0.15) is 0 Å². The van der Waals surface area contributed by atoms with Crippen LogP contribution in [0.3, 0.4) is 0 Å². The topological polar surface area (TPSA) is 15.3 Å². The first-order chi connectivity index (χ1) is 6.22. The molecule has 0 atom stereocenters. The molecule has 2 rings (SSSR count). The molecule has 13 heavy (non-hydrogen) atoms. The summed E-state index contributed by atoms with van der Waals surface area (Å²) in [4.78, 5) is 2.60. The van der Waals surface area contributed by atoms with Crippen molar-refractivity contribution >= 4 is 0 Å². The first-order valence-electron chi connectivity index (χ1n) is 5.71. The van der Waals surface area contributed by atoms with E-state index in [0.717, 1.165) is 6.04 Å². The highest BCUT2D eigenvalue weighted by atomic mass is 15.2. The molecule has 0 radical (unpaired) electrons. The van der Waals surface area contributed by atoms with Gasteiger partial charge >= 0.3 is 0 Å². The smallest absolute Gasteiger partial charge is 0.0206 e. The van der Waals surface area contributed by atoms with Gasteiger partial charge in [-0.25, -0.2) is 0 Å². The number of hydrogen-bond acceptors (Lipinski definition) is 2. The molecule has 2 fully saturated rings. The highest BCUT2D eigenvalue weighted by molar-refractivity contribution is 4.97. The van der Waals surface area contributed by atoms with Crippen LogP contribution in [-0.2, 0) is 0 Å². The summed E-state index contributed by atoms with van der Waals surface area (Å²) >= 11 is 0. The lowest BCUT2D eigenvalue weighted by molar-refractivity contribution is 0.121. The van der Waals surface area contributed by atoms with Gasteiger partial charge in [-0.05, 0) is 46.1 Å². The Labute approximate surface area is 81.7 Å². The average molecular weight is 182 g/mol. The molecule has 2 nitrogen and oxygen atoms in total. The maximum Gasteiger partial charge on any atom is 0.0206 e. The van der Waals surface area contributed by atoms with Gasteiger partial charge in [-0.1, -0.05) is 0 Å².